The minimum Gasteiger partial charge on any atom is -0.454 e. The van der Waals surface area contributed by atoms with Gasteiger partial charge in [0.2, 0.25) is 12.7 Å². The standard InChI is InChI=1S/C15H17N3O3/c1-3-16-15(19)9(2)18-14-11-7-13-12(20-8-21-13)6-10(11)4-5-17-14/h4-7,9H,3,8H2,1-2H3,(H,16,19)(H,17,18). The fourth-order valence-electron chi connectivity index (χ4n) is 2.28. The highest BCUT2D eigenvalue weighted by atomic mass is 16.7. The average molecular weight is 287 g/mol. The molecule has 1 unspecified atom stereocenters. The number of benzene rings is 1. The summed E-state index contributed by atoms with van der Waals surface area (Å²) in [6, 6.07) is 5.34. The van der Waals surface area contributed by atoms with Crippen LogP contribution < -0.4 is 20.1 Å². The van der Waals surface area contributed by atoms with Crippen molar-refractivity contribution in [2.75, 3.05) is 18.7 Å². The lowest BCUT2D eigenvalue weighted by Crippen LogP contribution is -2.37. The largest absolute Gasteiger partial charge is 0.454 e. The lowest BCUT2D eigenvalue weighted by atomic mass is 10.1. The van der Waals surface area contributed by atoms with E-state index in [0.717, 1.165) is 16.5 Å². The van der Waals surface area contributed by atoms with Gasteiger partial charge in [0.15, 0.2) is 11.5 Å². The van der Waals surface area contributed by atoms with E-state index in [4.69, 9.17) is 9.47 Å². The van der Waals surface area contributed by atoms with Crippen LogP contribution in [-0.4, -0.2) is 30.3 Å². The number of fused-ring (bicyclic) bond motifs is 2. The number of carbonyl (C=O) groups is 1. The molecule has 0 radical (unpaired) electrons. The molecule has 1 amide bonds. The molecular weight excluding hydrogens is 270 g/mol. The number of carbonyl (C=O) groups excluding carboxylic acids is 1. The number of rotatable bonds is 4. The lowest BCUT2D eigenvalue weighted by Gasteiger charge is -2.15. The first-order chi connectivity index (χ1) is 10.2. The van der Waals surface area contributed by atoms with E-state index in [-0.39, 0.29) is 18.7 Å². The zero-order chi connectivity index (χ0) is 14.8. The van der Waals surface area contributed by atoms with Crippen LogP contribution >= 0.6 is 0 Å². The molecule has 0 bridgehead atoms. The zero-order valence-electron chi connectivity index (χ0n) is 12.0. The Labute approximate surface area is 122 Å². The predicted molar refractivity (Wildman–Crippen MR) is 79.6 cm³/mol. The summed E-state index contributed by atoms with van der Waals surface area (Å²) < 4.78 is 10.8. The first-order valence-electron chi connectivity index (χ1n) is 6.91. The summed E-state index contributed by atoms with van der Waals surface area (Å²) >= 11 is 0. The number of nitrogens with zero attached hydrogens (tertiary/aromatic N) is 1. The SMILES string of the molecule is CCNC(=O)C(C)Nc1nccc2cc3c(cc12)OCO3. The van der Waals surface area contributed by atoms with Gasteiger partial charge in [0, 0.05) is 18.1 Å². The Morgan fingerprint density at radius 1 is 1.38 bits per heavy atom. The molecule has 1 aromatic heterocycles. The molecular formula is C15H17N3O3. The Kier molecular flexibility index (Phi) is 3.51. The summed E-state index contributed by atoms with van der Waals surface area (Å²) in [6.45, 7) is 4.53. The van der Waals surface area contributed by atoms with Crippen LogP contribution in [0.3, 0.4) is 0 Å². The fourth-order valence-corrected chi connectivity index (χ4v) is 2.28. The normalized spacial score (nSPS) is 14.0. The third-order valence-electron chi connectivity index (χ3n) is 3.36. The van der Waals surface area contributed by atoms with Gasteiger partial charge in [-0.3, -0.25) is 4.79 Å². The zero-order valence-corrected chi connectivity index (χ0v) is 12.0. The molecule has 6 nitrogen and oxygen atoms in total. The van der Waals surface area contributed by atoms with Crippen molar-refractivity contribution in [3.63, 3.8) is 0 Å². The van der Waals surface area contributed by atoms with Gasteiger partial charge in [0.1, 0.15) is 11.9 Å². The van der Waals surface area contributed by atoms with E-state index >= 15 is 0 Å². The van der Waals surface area contributed by atoms with Crippen LogP contribution in [0.1, 0.15) is 13.8 Å². The molecule has 2 N–H and O–H groups in total. The van der Waals surface area contributed by atoms with Crippen molar-refractivity contribution < 1.29 is 14.3 Å². The first-order valence-corrected chi connectivity index (χ1v) is 6.91. The Morgan fingerprint density at radius 2 is 2.14 bits per heavy atom. The van der Waals surface area contributed by atoms with Gasteiger partial charge in [-0.05, 0) is 37.4 Å². The topological polar surface area (TPSA) is 72.5 Å². The highest BCUT2D eigenvalue weighted by Gasteiger charge is 2.18. The lowest BCUT2D eigenvalue weighted by molar-refractivity contribution is -0.121. The van der Waals surface area contributed by atoms with Crippen LogP contribution in [0.4, 0.5) is 5.82 Å². The maximum atomic E-state index is 11.8. The Morgan fingerprint density at radius 3 is 2.90 bits per heavy atom. The number of ether oxygens (including phenoxy) is 2. The van der Waals surface area contributed by atoms with Crippen molar-refractivity contribution in [1.82, 2.24) is 10.3 Å². The van der Waals surface area contributed by atoms with E-state index in [1.54, 1.807) is 13.1 Å². The van der Waals surface area contributed by atoms with Gasteiger partial charge in [0.25, 0.3) is 0 Å². The van der Waals surface area contributed by atoms with Crippen LogP contribution in [0.2, 0.25) is 0 Å². The van der Waals surface area contributed by atoms with Crippen LogP contribution in [-0.2, 0) is 4.79 Å². The van der Waals surface area contributed by atoms with Crippen molar-refractivity contribution >= 4 is 22.5 Å². The molecule has 0 aliphatic carbocycles. The molecule has 3 rings (SSSR count). The molecule has 2 aromatic rings. The molecule has 1 aliphatic rings. The molecule has 1 aromatic carbocycles. The van der Waals surface area contributed by atoms with E-state index in [1.165, 1.54) is 0 Å². The van der Waals surface area contributed by atoms with Gasteiger partial charge in [-0.15, -0.1) is 0 Å². The summed E-state index contributed by atoms with van der Waals surface area (Å²) in [5.74, 6) is 2.03. The van der Waals surface area contributed by atoms with Crippen molar-refractivity contribution in [1.29, 1.82) is 0 Å². The minimum absolute atomic E-state index is 0.0583. The van der Waals surface area contributed by atoms with E-state index in [1.807, 2.05) is 25.1 Å². The Bertz CT molecular complexity index is 687. The van der Waals surface area contributed by atoms with Crippen LogP contribution in [0.5, 0.6) is 11.5 Å². The molecule has 0 saturated heterocycles. The molecule has 1 atom stereocenters. The van der Waals surface area contributed by atoms with E-state index in [9.17, 15) is 4.79 Å². The van der Waals surface area contributed by atoms with Gasteiger partial charge < -0.3 is 20.1 Å². The fraction of sp³-hybridized carbons (Fsp3) is 0.333. The molecule has 110 valence electrons. The number of likely N-dealkylation sites (N-methyl/N-ethyl adjacent to an activating group) is 1. The maximum absolute atomic E-state index is 11.8. The molecule has 0 spiro atoms. The minimum atomic E-state index is -0.367. The van der Waals surface area contributed by atoms with E-state index in [0.29, 0.717) is 18.1 Å². The summed E-state index contributed by atoms with van der Waals surface area (Å²) in [7, 11) is 0. The van der Waals surface area contributed by atoms with E-state index < -0.39 is 0 Å². The number of amides is 1. The Hall–Kier alpha value is -2.50. The average Bonchev–Trinajstić information content (AvgIpc) is 2.93. The third kappa shape index (κ3) is 2.56. The number of nitrogens with one attached hydrogen (secondary N) is 2. The second kappa shape index (κ2) is 5.47. The smallest absolute Gasteiger partial charge is 0.242 e. The quantitative estimate of drug-likeness (QED) is 0.898. The highest BCUT2D eigenvalue weighted by Crippen LogP contribution is 2.37. The van der Waals surface area contributed by atoms with Crippen LogP contribution in [0.15, 0.2) is 24.4 Å². The number of hydrogen-bond acceptors (Lipinski definition) is 5. The van der Waals surface area contributed by atoms with Crippen molar-refractivity contribution in [2.45, 2.75) is 19.9 Å². The van der Waals surface area contributed by atoms with Crippen molar-refractivity contribution in [3.05, 3.63) is 24.4 Å². The first kappa shape index (κ1) is 13.5. The van der Waals surface area contributed by atoms with Crippen LogP contribution in [0, 0.1) is 0 Å². The Balaban J connectivity index is 1.93. The predicted octanol–water partition coefficient (Wildman–Crippen LogP) is 1.90. The molecule has 0 saturated carbocycles. The second-order valence-electron chi connectivity index (χ2n) is 4.85. The number of aromatic nitrogens is 1. The second-order valence-corrected chi connectivity index (χ2v) is 4.85. The molecule has 6 heteroatoms. The van der Waals surface area contributed by atoms with Gasteiger partial charge in [-0.25, -0.2) is 4.98 Å². The summed E-state index contributed by atoms with van der Waals surface area (Å²) in [4.78, 5) is 16.2. The van der Waals surface area contributed by atoms with Gasteiger partial charge in [-0.2, -0.15) is 0 Å². The van der Waals surface area contributed by atoms with Crippen molar-refractivity contribution in [2.24, 2.45) is 0 Å². The third-order valence-corrected chi connectivity index (χ3v) is 3.36. The number of anilines is 1. The van der Waals surface area contributed by atoms with Crippen LogP contribution in [0.25, 0.3) is 10.8 Å². The van der Waals surface area contributed by atoms with E-state index in [2.05, 4.69) is 15.6 Å². The van der Waals surface area contributed by atoms with Gasteiger partial charge in [0.05, 0.1) is 0 Å². The molecule has 2 heterocycles. The summed E-state index contributed by atoms with van der Waals surface area (Å²) in [5, 5.41) is 7.81. The monoisotopic (exact) mass is 287 g/mol. The molecule has 21 heavy (non-hydrogen) atoms. The molecule has 1 aliphatic heterocycles. The van der Waals surface area contributed by atoms with Gasteiger partial charge in [-0.1, -0.05) is 0 Å². The summed E-state index contributed by atoms with van der Waals surface area (Å²) in [6.07, 6.45) is 1.71. The number of hydrogen-bond donors (Lipinski definition) is 2. The van der Waals surface area contributed by atoms with Gasteiger partial charge >= 0.3 is 0 Å². The van der Waals surface area contributed by atoms with Crippen molar-refractivity contribution in [3.8, 4) is 11.5 Å². The number of pyridine rings is 1. The molecule has 0 fully saturated rings. The maximum Gasteiger partial charge on any atom is 0.242 e. The highest BCUT2D eigenvalue weighted by molar-refractivity contribution is 5.96. The summed E-state index contributed by atoms with van der Waals surface area (Å²) in [5.41, 5.74) is 0.